The number of ether oxygens (including phenoxy) is 1. The zero-order valence-electron chi connectivity index (χ0n) is 27.2. The Bertz CT molecular complexity index is 2180. The number of aliphatic hydroxyl groups excluding tert-OH is 1. The van der Waals surface area contributed by atoms with E-state index >= 15 is 8.78 Å². The van der Waals surface area contributed by atoms with E-state index in [1.807, 2.05) is 0 Å². The van der Waals surface area contributed by atoms with Crippen molar-refractivity contribution >= 4 is 30.3 Å². The number of alkyl halides is 5. The third kappa shape index (κ3) is 8.14. The van der Waals surface area contributed by atoms with Crippen molar-refractivity contribution in [2.24, 2.45) is 5.73 Å². The number of nitrogens with two attached hydrogens (primary N) is 2. The first-order valence-corrected chi connectivity index (χ1v) is 17.4. The second-order valence-electron chi connectivity index (χ2n) is 12.3. The fourth-order valence-electron chi connectivity index (χ4n) is 5.94. The number of rotatable bonds is 11. The molecule has 0 spiro atoms. The summed E-state index contributed by atoms with van der Waals surface area (Å²) in [5.74, 6) is -3.29. The first-order valence-electron chi connectivity index (χ1n) is 15.7. The Hall–Kier alpha value is -5.04. The van der Waals surface area contributed by atoms with Crippen molar-refractivity contribution in [2.45, 2.75) is 43.6 Å². The standard InChI is InChI=1S/C32H30F7N8O5P/c33-21-10-25(51-16-53(49,50)52-19-4-2-18(3-5-19)32(37,38)39)22(34)9-20(21)23-8-17(12-47-15-45-26-29(40)43-14-44-30(26)47)24(11-42-23)46-7-1-6-31(41,13-46)27(48)28(35)36/h2-5,8-11,14-15,27-28,48H,1,6-7,12-13,16,41H2,(H,49,50)(H2,40,43,44)/t27-,31-/m1/s1. The lowest BCUT2D eigenvalue weighted by molar-refractivity contribution is -0.137. The van der Waals surface area contributed by atoms with Crippen LogP contribution in [-0.2, 0) is 17.3 Å². The summed E-state index contributed by atoms with van der Waals surface area (Å²) in [5.41, 5.74) is 10.5. The van der Waals surface area contributed by atoms with E-state index in [1.54, 1.807) is 9.47 Å². The molecule has 1 unspecified atom stereocenters. The van der Waals surface area contributed by atoms with Crippen molar-refractivity contribution in [1.29, 1.82) is 0 Å². The average Bonchev–Trinajstić information content (AvgIpc) is 3.51. The highest BCUT2D eigenvalue weighted by Crippen LogP contribution is 2.44. The largest absolute Gasteiger partial charge is 0.477 e. The van der Waals surface area contributed by atoms with Gasteiger partial charge in [0.2, 0.25) is 6.35 Å². The van der Waals surface area contributed by atoms with Crippen molar-refractivity contribution in [1.82, 2.24) is 24.5 Å². The average molecular weight is 771 g/mol. The lowest BCUT2D eigenvalue weighted by Gasteiger charge is -2.44. The molecule has 0 saturated carbocycles. The predicted octanol–water partition coefficient (Wildman–Crippen LogP) is 5.34. The summed E-state index contributed by atoms with van der Waals surface area (Å²) < 4.78 is 120. The molecule has 13 nitrogen and oxygen atoms in total. The quantitative estimate of drug-likeness (QED) is 0.0999. The topological polar surface area (TPSA) is 188 Å². The number of pyridine rings is 1. The van der Waals surface area contributed by atoms with Crippen molar-refractivity contribution in [3.05, 3.63) is 84.1 Å². The van der Waals surface area contributed by atoms with Crippen LogP contribution in [0.5, 0.6) is 11.5 Å². The zero-order valence-corrected chi connectivity index (χ0v) is 28.1. The van der Waals surface area contributed by atoms with Gasteiger partial charge in [-0.05, 0) is 54.8 Å². The number of halogens is 7. The van der Waals surface area contributed by atoms with Gasteiger partial charge in [-0.15, -0.1) is 0 Å². The van der Waals surface area contributed by atoms with E-state index in [0.717, 1.165) is 18.2 Å². The number of fused-ring (bicyclic) bond motifs is 1. The molecular weight excluding hydrogens is 740 g/mol. The minimum atomic E-state index is -4.74. The van der Waals surface area contributed by atoms with E-state index in [0.29, 0.717) is 53.6 Å². The van der Waals surface area contributed by atoms with Crippen LogP contribution in [0.4, 0.5) is 42.2 Å². The number of nitrogen functional groups attached to an aromatic ring is 1. The summed E-state index contributed by atoms with van der Waals surface area (Å²) >= 11 is 0. The number of aromatic nitrogens is 5. The van der Waals surface area contributed by atoms with Gasteiger partial charge in [0.15, 0.2) is 23.0 Å². The van der Waals surface area contributed by atoms with Crippen molar-refractivity contribution < 1.29 is 54.6 Å². The molecule has 5 aromatic rings. The highest BCUT2D eigenvalue weighted by Gasteiger charge is 2.43. The lowest BCUT2D eigenvalue weighted by atomic mass is 9.84. The number of nitrogens with zero attached hydrogens (tertiary/aromatic N) is 6. The molecular formula is C32H30F7N8O5P. The predicted molar refractivity (Wildman–Crippen MR) is 176 cm³/mol. The number of aliphatic hydroxyl groups is 1. The molecule has 1 aliphatic rings. The smallest absolute Gasteiger partial charge is 0.416 e. The van der Waals surface area contributed by atoms with Gasteiger partial charge in [-0.2, -0.15) is 13.2 Å². The van der Waals surface area contributed by atoms with Crippen molar-refractivity contribution in [3.8, 4) is 22.8 Å². The fourth-order valence-corrected chi connectivity index (χ4v) is 6.75. The Kier molecular flexibility index (Phi) is 10.3. The van der Waals surface area contributed by atoms with Gasteiger partial charge in [-0.3, -0.25) is 4.98 Å². The minimum absolute atomic E-state index is 0.000702. The highest BCUT2D eigenvalue weighted by molar-refractivity contribution is 7.53. The first kappa shape index (κ1) is 37.7. The Morgan fingerprint density at radius 3 is 2.47 bits per heavy atom. The molecule has 2 aromatic carbocycles. The molecule has 53 heavy (non-hydrogen) atoms. The Morgan fingerprint density at radius 2 is 1.77 bits per heavy atom. The van der Waals surface area contributed by atoms with Gasteiger partial charge in [0, 0.05) is 24.7 Å². The number of hydrogen-bond acceptors (Lipinski definition) is 11. The number of hydrogen-bond donors (Lipinski definition) is 4. The molecule has 4 heterocycles. The fraction of sp³-hybridized carbons (Fsp3) is 0.312. The summed E-state index contributed by atoms with van der Waals surface area (Å²) in [6.45, 7) is 0.160. The van der Waals surface area contributed by atoms with E-state index in [9.17, 15) is 36.5 Å². The first-order chi connectivity index (χ1) is 24.9. The molecule has 0 bridgehead atoms. The van der Waals surface area contributed by atoms with Gasteiger partial charge < -0.3 is 40.2 Å². The number of benzene rings is 2. The van der Waals surface area contributed by atoms with Gasteiger partial charge in [-0.1, -0.05) is 0 Å². The maximum absolute atomic E-state index is 15.6. The Labute approximate surface area is 295 Å². The van der Waals surface area contributed by atoms with Crippen LogP contribution in [0.25, 0.3) is 22.4 Å². The van der Waals surface area contributed by atoms with Crippen LogP contribution in [0.1, 0.15) is 24.0 Å². The van der Waals surface area contributed by atoms with Gasteiger partial charge >= 0.3 is 13.8 Å². The number of anilines is 2. The summed E-state index contributed by atoms with van der Waals surface area (Å²) in [6.07, 6.45) is -6.60. The van der Waals surface area contributed by atoms with Crippen LogP contribution >= 0.6 is 7.60 Å². The maximum atomic E-state index is 15.6. The van der Waals surface area contributed by atoms with Gasteiger partial charge in [0.05, 0.1) is 41.6 Å². The molecule has 21 heteroatoms. The van der Waals surface area contributed by atoms with Crippen LogP contribution in [0.2, 0.25) is 0 Å². The number of imidazole rings is 1. The van der Waals surface area contributed by atoms with Gasteiger partial charge in [-0.25, -0.2) is 37.1 Å². The van der Waals surface area contributed by atoms with E-state index in [-0.39, 0.29) is 36.6 Å². The van der Waals surface area contributed by atoms with Crippen LogP contribution in [-0.4, -0.2) is 72.0 Å². The van der Waals surface area contributed by atoms with E-state index in [4.69, 9.17) is 20.7 Å². The molecule has 1 fully saturated rings. The molecule has 3 aromatic heterocycles. The molecule has 0 aliphatic carbocycles. The second kappa shape index (κ2) is 14.4. The summed E-state index contributed by atoms with van der Waals surface area (Å²) in [7, 11) is -4.74. The van der Waals surface area contributed by atoms with Crippen LogP contribution < -0.4 is 25.6 Å². The molecule has 0 radical (unpaired) electrons. The summed E-state index contributed by atoms with van der Waals surface area (Å²) in [6, 6.07) is 5.68. The Balaban J connectivity index is 1.28. The van der Waals surface area contributed by atoms with Crippen molar-refractivity contribution in [2.75, 3.05) is 30.1 Å². The molecule has 3 atom stereocenters. The molecule has 0 amide bonds. The SMILES string of the molecule is Nc1ncnc2c1ncn2Cc1cc(-c2cc(F)c(OCP(=O)(O)Oc3ccc(C(F)(F)F)cc3)cc2F)ncc1N1CCC[C@](N)([C@H](O)C(F)F)C1. The number of piperidine rings is 1. The van der Waals surface area contributed by atoms with Crippen LogP contribution in [0.3, 0.4) is 0 Å². The molecule has 6 N–H and O–H groups in total. The molecule has 1 aliphatic heterocycles. The maximum Gasteiger partial charge on any atom is 0.416 e. The van der Waals surface area contributed by atoms with E-state index < -0.39 is 66.9 Å². The monoisotopic (exact) mass is 770 g/mol. The third-order valence-electron chi connectivity index (χ3n) is 8.57. The zero-order chi connectivity index (χ0) is 38.3. The molecule has 1 saturated heterocycles. The van der Waals surface area contributed by atoms with Crippen molar-refractivity contribution in [3.63, 3.8) is 0 Å². The summed E-state index contributed by atoms with van der Waals surface area (Å²) in [5, 5.41) is 10.2. The lowest BCUT2D eigenvalue weighted by Crippen LogP contribution is -2.63. The van der Waals surface area contributed by atoms with E-state index in [1.165, 1.54) is 24.9 Å². The second-order valence-corrected chi connectivity index (χ2v) is 14.0. The van der Waals surface area contributed by atoms with Crippen LogP contribution in [0.15, 0.2) is 61.3 Å². The Morgan fingerprint density at radius 1 is 1.04 bits per heavy atom. The minimum Gasteiger partial charge on any atom is -0.477 e. The summed E-state index contributed by atoms with van der Waals surface area (Å²) in [4.78, 5) is 28.5. The normalized spacial score (nSPS) is 18.3. The third-order valence-corrected chi connectivity index (χ3v) is 9.52. The molecule has 282 valence electrons. The van der Waals surface area contributed by atoms with Crippen LogP contribution in [0, 0.1) is 11.6 Å². The van der Waals surface area contributed by atoms with Gasteiger partial charge in [0.1, 0.15) is 29.5 Å². The van der Waals surface area contributed by atoms with E-state index in [2.05, 4.69) is 19.9 Å². The van der Waals surface area contributed by atoms with Gasteiger partial charge in [0.25, 0.3) is 6.43 Å². The highest BCUT2D eigenvalue weighted by atomic mass is 31.2. The molecule has 6 rings (SSSR count).